The highest BCUT2D eigenvalue weighted by molar-refractivity contribution is 6.06. The number of hydrogen-bond acceptors (Lipinski definition) is 7. The van der Waals surface area contributed by atoms with Gasteiger partial charge in [-0.25, -0.2) is 4.79 Å². The predicted molar refractivity (Wildman–Crippen MR) is 130 cm³/mol. The number of likely N-dealkylation sites (N-methyl/N-ethyl adjacent to an activating group) is 1. The van der Waals surface area contributed by atoms with Crippen molar-refractivity contribution in [1.82, 2.24) is 20.0 Å². The summed E-state index contributed by atoms with van der Waals surface area (Å²) in [5.74, 6) is -0.853. The van der Waals surface area contributed by atoms with Gasteiger partial charge in [0.05, 0.1) is 0 Å². The van der Waals surface area contributed by atoms with E-state index in [0.717, 1.165) is 37.4 Å². The topological polar surface area (TPSA) is 102 Å². The molecule has 0 radical (unpaired) electrons. The van der Waals surface area contributed by atoms with Crippen molar-refractivity contribution in [3.8, 4) is 0 Å². The number of rotatable bonds is 5. The molecule has 10 nitrogen and oxygen atoms in total. The first-order chi connectivity index (χ1) is 16.5. The van der Waals surface area contributed by atoms with Crippen LogP contribution in [0.3, 0.4) is 0 Å². The number of ether oxygens (including phenoxy) is 1. The summed E-state index contributed by atoms with van der Waals surface area (Å²) < 4.78 is 5.47. The maximum absolute atomic E-state index is 13.1. The number of anilines is 1. The zero-order valence-corrected chi connectivity index (χ0v) is 21.0. The van der Waals surface area contributed by atoms with Crippen LogP contribution in [0.1, 0.15) is 49.5 Å². The Morgan fingerprint density at radius 1 is 1.14 bits per heavy atom. The molecule has 0 saturated carbocycles. The summed E-state index contributed by atoms with van der Waals surface area (Å²) >= 11 is 0. The molecule has 1 aromatic rings. The van der Waals surface area contributed by atoms with Crippen LogP contribution in [0, 0.1) is 0 Å². The number of fused-ring (bicyclic) bond motifs is 1. The summed E-state index contributed by atoms with van der Waals surface area (Å²) in [6, 6.07) is 5.06. The van der Waals surface area contributed by atoms with E-state index < -0.39 is 17.6 Å². The molecule has 1 aromatic carbocycles. The lowest BCUT2D eigenvalue weighted by atomic mass is 10.0. The van der Waals surface area contributed by atoms with Crippen LogP contribution in [0.2, 0.25) is 0 Å². The number of nitrogens with zero attached hydrogens (tertiary/aromatic N) is 4. The zero-order chi connectivity index (χ0) is 25.3. The monoisotopic (exact) mass is 485 g/mol. The average Bonchev–Trinajstić information content (AvgIpc) is 3.13. The van der Waals surface area contributed by atoms with Gasteiger partial charge in [0, 0.05) is 76.1 Å². The van der Waals surface area contributed by atoms with Crippen LogP contribution in [-0.2, 0) is 20.9 Å². The smallest absolute Gasteiger partial charge is 0.410 e. The van der Waals surface area contributed by atoms with Crippen molar-refractivity contribution in [3.05, 3.63) is 29.3 Å². The normalized spacial score (nSPS) is 21.1. The Balaban J connectivity index is 1.33. The van der Waals surface area contributed by atoms with Gasteiger partial charge in [-0.1, -0.05) is 6.07 Å². The minimum Gasteiger partial charge on any atom is -0.444 e. The van der Waals surface area contributed by atoms with Gasteiger partial charge >= 0.3 is 6.09 Å². The SMILES string of the molecule is CN(CCN1CCN(C(=O)OC(C)(C)C)CC1)c1cccc2c1CN(C1CCC(=O)NC1=O)C2=O. The fourth-order valence-electron chi connectivity index (χ4n) is 4.82. The first kappa shape index (κ1) is 25.0. The van der Waals surface area contributed by atoms with Crippen LogP contribution in [0.5, 0.6) is 0 Å². The number of carbonyl (C=O) groups excluding carboxylic acids is 4. The van der Waals surface area contributed by atoms with Gasteiger partial charge in [-0.15, -0.1) is 0 Å². The number of nitrogens with one attached hydrogen (secondary N) is 1. The third-order valence-corrected chi connectivity index (χ3v) is 6.74. The number of benzene rings is 1. The van der Waals surface area contributed by atoms with Gasteiger partial charge in [0.2, 0.25) is 11.8 Å². The van der Waals surface area contributed by atoms with Gasteiger partial charge in [-0.05, 0) is 39.3 Å². The number of piperazine rings is 1. The Morgan fingerprint density at radius 3 is 2.51 bits per heavy atom. The van der Waals surface area contributed by atoms with Crippen molar-refractivity contribution < 1.29 is 23.9 Å². The van der Waals surface area contributed by atoms with Crippen molar-refractivity contribution in [3.63, 3.8) is 0 Å². The Bertz CT molecular complexity index is 1010. The van der Waals surface area contributed by atoms with Gasteiger partial charge in [-0.2, -0.15) is 0 Å². The third kappa shape index (κ3) is 5.58. The van der Waals surface area contributed by atoms with E-state index in [-0.39, 0.29) is 24.3 Å². The molecule has 2 saturated heterocycles. The number of carbonyl (C=O) groups is 4. The highest BCUT2D eigenvalue weighted by Crippen LogP contribution is 2.33. The molecule has 190 valence electrons. The summed E-state index contributed by atoms with van der Waals surface area (Å²) in [6.45, 7) is 10.4. The summed E-state index contributed by atoms with van der Waals surface area (Å²) in [6.07, 6.45) is 0.328. The van der Waals surface area contributed by atoms with Crippen LogP contribution in [0.25, 0.3) is 0 Å². The largest absolute Gasteiger partial charge is 0.444 e. The zero-order valence-electron chi connectivity index (χ0n) is 21.0. The maximum atomic E-state index is 13.1. The van der Waals surface area contributed by atoms with Crippen LogP contribution in [0.15, 0.2) is 18.2 Å². The lowest BCUT2D eigenvalue weighted by Crippen LogP contribution is -2.52. The number of imide groups is 1. The Hall–Kier alpha value is -3.14. The molecule has 1 N–H and O–H groups in total. The van der Waals surface area contributed by atoms with Gasteiger partial charge in [-0.3, -0.25) is 24.6 Å². The Labute approximate surface area is 206 Å². The van der Waals surface area contributed by atoms with Crippen molar-refractivity contribution in [2.45, 2.75) is 51.8 Å². The Morgan fingerprint density at radius 2 is 1.86 bits per heavy atom. The molecule has 0 aliphatic carbocycles. The van der Waals surface area contributed by atoms with E-state index in [1.807, 2.05) is 40.0 Å². The van der Waals surface area contributed by atoms with E-state index in [1.54, 1.807) is 15.9 Å². The third-order valence-electron chi connectivity index (χ3n) is 6.74. The van der Waals surface area contributed by atoms with E-state index in [0.29, 0.717) is 31.6 Å². The molecule has 10 heteroatoms. The highest BCUT2D eigenvalue weighted by atomic mass is 16.6. The maximum Gasteiger partial charge on any atom is 0.410 e. The Kier molecular flexibility index (Phi) is 7.02. The summed E-state index contributed by atoms with van der Waals surface area (Å²) in [4.78, 5) is 57.0. The number of piperidine rings is 1. The summed E-state index contributed by atoms with van der Waals surface area (Å²) in [7, 11) is 2.01. The van der Waals surface area contributed by atoms with Crippen LogP contribution >= 0.6 is 0 Å². The summed E-state index contributed by atoms with van der Waals surface area (Å²) in [5, 5.41) is 2.35. The predicted octanol–water partition coefficient (Wildman–Crippen LogP) is 1.44. The molecular formula is C25H35N5O5. The van der Waals surface area contributed by atoms with Crippen molar-refractivity contribution in [2.24, 2.45) is 0 Å². The molecule has 3 aliphatic rings. The molecule has 4 rings (SSSR count). The standard InChI is InChI=1S/C25H35N5O5/c1-25(2,3)35-24(34)29-14-12-28(13-15-29)11-10-27(4)19-7-5-6-17-18(19)16-30(23(17)33)20-8-9-21(31)26-22(20)32/h5-7,20H,8-16H2,1-4H3,(H,26,31,32). The van der Waals surface area contributed by atoms with E-state index in [4.69, 9.17) is 4.74 Å². The van der Waals surface area contributed by atoms with E-state index >= 15 is 0 Å². The molecule has 35 heavy (non-hydrogen) atoms. The molecule has 0 bridgehead atoms. The molecule has 0 spiro atoms. The molecule has 3 heterocycles. The van der Waals surface area contributed by atoms with Crippen molar-refractivity contribution in [2.75, 3.05) is 51.2 Å². The molecular weight excluding hydrogens is 450 g/mol. The average molecular weight is 486 g/mol. The molecule has 0 aromatic heterocycles. The van der Waals surface area contributed by atoms with Gasteiger partial charge in [0.15, 0.2) is 0 Å². The van der Waals surface area contributed by atoms with Crippen LogP contribution < -0.4 is 10.2 Å². The molecule has 1 atom stereocenters. The first-order valence-electron chi connectivity index (χ1n) is 12.2. The molecule has 3 aliphatic heterocycles. The second-order valence-corrected chi connectivity index (χ2v) is 10.4. The minimum absolute atomic E-state index is 0.164. The van der Waals surface area contributed by atoms with Gasteiger partial charge in [0.25, 0.3) is 5.91 Å². The highest BCUT2D eigenvalue weighted by Gasteiger charge is 2.40. The van der Waals surface area contributed by atoms with E-state index in [2.05, 4.69) is 15.1 Å². The molecule has 1 unspecified atom stereocenters. The van der Waals surface area contributed by atoms with Crippen molar-refractivity contribution >= 4 is 29.5 Å². The quantitative estimate of drug-likeness (QED) is 0.630. The van der Waals surface area contributed by atoms with Crippen LogP contribution in [0.4, 0.5) is 10.5 Å². The molecule has 2 fully saturated rings. The van der Waals surface area contributed by atoms with Crippen LogP contribution in [-0.4, -0.2) is 96.5 Å². The lowest BCUT2D eigenvalue weighted by molar-refractivity contribution is -0.136. The number of amides is 4. The van der Waals surface area contributed by atoms with E-state index in [9.17, 15) is 19.2 Å². The van der Waals surface area contributed by atoms with Gasteiger partial charge in [0.1, 0.15) is 11.6 Å². The first-order valence-corrected chi connectivity index (χ1v) is 12.2. The fourth-order valence-corrected chi connectivity index (χ4v) is 4.82. The van der Waals surface area contributed by atoms with Gasteiger partial charge < -0.3 is 19.4 Å². The fraction of sp³-hybridized carbons (Fsp3) is 0.600. The number of hydrogen-bond donors (Lipinski definition) is 1. The summed E-state index contributed by atoms with van der Waals surface area (Å²) in [5.41, 5.74) is 2.00. The second kappa shape index (κ2) is 9.85. The second-order valence-electron chi connectivity index (χ2n) is 10.4. The lowest BCUT2D eigenvalue weighted by Gasteiger charge is -2.36. The van der Waals surface area contributed by atoms with E-state index in [1.165, 1.54) is 0 Å². The van der Waals surface area contributed by atoms with Crippen molar-refractivity contribution in [1.29, 1.82) is 0 Å². The molecule has 4 amide bonds. The minimum atomic E-state index is -0.618.